The summed E-state index contributed by atoms with van der Waals surface area (Å²) < 4.78 is 80.8. The molecule has 2 aliphatic rings. The summed E-state index contributed by atoms with van der Waals surface area (Å²) in [6.07, 6.45) is -9.03. The number of para-hydroxylation sites is 2. The molecule has 0 saturated heterocycles. The maximum Gasteiger partial charge on any atom is 0.417 e. The van der Waals surface area contributed by atoms with Gasteiger partial charge in [0.05, 0.1) is 43.9 Å². The molecule has 3 nitrogen and oxygen atoms in total. The van der Waals surface area contributed by atoms with E-state index in [2.05, 4.69) is 4.99 Å². The van der Waals surface area contributed by atoms with E-state index in [0.29, 0.717) is 49.8 Å². The van der Waals surface area contributed by atoms with Crippen molar-refractivity contribution in [2.24, 2.45) is 4.99 Å². The van der Waals surface area contributed by atoms with Gasteiger partial charge in [0.2, 0.25) is 0 Å². The van der Waals surface area contributed by atoms with Crippen LogP contribution in [0.1, 0.15) is 18.1 Å². The summed E-state index contributed by atoms with van der Waals surface area (Å²) in [5, 5.41) is 0.133. The molecule has 200 valence electrons. The molecule has 0 unspecified atom stereocenters. The highest BCUT2D eigenvalue weighted by molar-refractivity contribution is 7.99. The average Bonchev–Trinajstić information content (AvgIpc) is 2.87. The Kier molecular flexibility index (Phi) is 7.11. The number of rotatable bonds is 4. The van der Waals surface area contributed by atoms with E-state index in [9.17, 15) is 26.3 Å². The molecule has 0 saturated carbocycles. The molecule has 0 spiro atoms. The zero-order valence-corrected chi connectivity index (χ0v) is 21.7. The first kappa shape index (κ1) is 27.1. The van der Waals surface area contributed by atoms with Crippen molar-refractivity contribution in [1.29, 1.82) is 0 Å². The summed E-state index contributed by atoms with van der Waals surface area (Å²) in [5.41, 5.74) is 1.06. The number of halogens is 7. The van der Waals surface area contributed by atoms with Gasteiger partial charge in [-0.15, -0.1) is 0 Å². The van der Waals surface area contributed by atoms with Crippen LogP contribution >= 0.6 is 23.4 Å². The minimum atomic E-state index is -4.60. The highest BCUT2D eigenvalue weighted by Gasteiger charge is 2.33. The molecule has 1 aliphatic heterocycles. The fraction of sp³-hybridized carbons (Fsp3) is 0.143. The molecule has 0 fully saturated rings. The largest absolute Gasteiger partial charge is 0.417 e. The summed E-state index contributed by atoms with van der Waals surface area (Å²) in [6, 6.07) is 19.1. The Morgan fingerprint density at radius 3 is 2.23 bits per heavy atom. The van der Waals surface area contributed by atoms with E-state index in [0.717, 1.165) is 18.2 Å². The van der Waals surface area contributed by atoms with Crippen LogP contribution in [0.15, 0.2) is 93.6 Å². The standard InChI is InChI=1S/C28H18ClF6N3S/c1-2-36-23-14-25-22(15-26(23)39-18-10-7-16(8-11-18)27(30,31)32)37-21-5-3-4-6-24(21)38(25)17-9-12-19(20(29)13-17)28(33,34)35/h3-15H,2H2,1H3. The van der Waals surface area contributed by atoms with Crippen LogP contribution in [0.4, 0.5) is 26.3 Å². The molecule has 11 heteroatoms. The number of nitrogens with zero attached hydrogens (tertiary/aromatic N) is 3. The summed E-state index contributed by atoms with van der Waals surface area (Å²) in [7, 11) is 0. The predicted molar refractivity (Wildman–Crippen MR) is 139 cm³/mol. The van der Waals surface area contributed by atoms with Crippen molar-refractivity contribution in [3.05, 3.63) is 100 Å². The van der Waals surface area contributed by atoms with Crippen LogP contribution in [0.25, 0.3) is 28.1 Å². The highest BCUT2D eigenvalue weighted by atomic mass is 35.5. The van der Waals surface area contributed by atoms with Gasteiger partial charge in [-0.25, -0.2) is 4.98 Å². The molecule has 39 heavy (non-hydrogen) atoms. The molecule has 0 amide bonds. The fourth-order valence-corrected chi connectivity index (χ4v) is 5.39. The lowest BCUT2D eigenvalue weighted by Gasteiger charge is -2.21. The Balaban J connectivity index is 1.71. The molecule has 3 aromatic rings. The second-order valence-electron chi connectivity index (χ2n) is 8.51. The first-order chi connectivity index (χ1) is 18.5. The van der Waals surface area contributed by atoms with Crippen LogP contribution in [0.2, 0.25) is 5.02 Å². The first-order valence-electron chi connectivity index (χ1n) is 11.6. The van der Waals surface area contributed by atoms with Crippen LogP contribution in [-0.4, -0.2) is 16.1 Å². The third-order valence-electron chi connectivity index (χ3n) is 5.91. The van der Waals surface area contributed by atoms with E-state index < -0.39 is 28.5 Å². The van der Waals surface area contributed by atoms with Crippen molar-refractivity contribution in [3.63, 3.8) is 0 Å². The minimum Gasteiger partial charge on any atom is -0.306 e. The van der Waals surface area contributed by atoms with E-state index in [4.69, 9.17) is 16.6 Å². The van der Waals surface area contributed by atoms with Gasteiger partial charge in [-0.05, 0) is 73.7 Å². The highest BCUT2D eigenvalue weighted by Crippen LogP contribution is 2.38. The molecule has 1 aliphatic carbocycles. The summed E-state index contributed by atoms with van der Waals surface area (Å²) >= 11 is 7.31. The minimum absolute atomic E-state index is 0.405. The number of alkyl halides is 6. The predicted octanol–water partition coefficient (Wildman–Crippen LogP) is 8.89. The van der Waals surface area contributed by atoms with Crippen molar-refractivity contribution in [3.8, 4) is 17.1 Å². The molecular weight excluding hydrogens is 560 g/mol. The van der Waals surface area contributed by atoms with Gasteiger partial charge in [0.1, 0.15) is 0 Å². The van der Waals surface area contributed by atoms with E-state index in [-0.39, 0.29) is 0 Å². The summed E-state index contributed by atoms with van der Waals surface area (Å²) in [6.45, 7) is 2.28. The number of benzene rings is 4. The van der Waals surface area contributed by atoms with Crippen LogP contribution in [0, 0.1) is 0 Å². The van der Waals surface area contributed by atoms with Crippen LogP contribution in [0.5, 0.6) is 0 Å². The van der Waals surface area contributed by atoms with Crippen LogP contribution in [0.3, 0.4) is 0 Å². The Morgan fingerprint density at radius 1 is 0.872 bits per heavy atom. The van der Waals surface area contributed by atoms with Crippen molar-refractivity contribution in [2.45, 2.75) is 29.1 Å². The molecule has 0 N–H and O–H groups in total. The summed E-state index contributed by atoms with van der Waals surface area (Å²) in [5.74, 6) is 0. The summed E-state index contributed by atoms with van der Waals surface area (Å²) in [4.78, 5) is 10.6. The zero-order valence-electron chi connectivity index (χ0n) is 20.1. The third kappa shape index (κ3) is 5.49. The van der Waals surface area contributed by atoms with Crippen LogP contribution < -0.4 is 5.36 Å². The van der Waals surface area contributed by atoms with Gasteiger partial charge in [-0.2, -0.15) is 26.3 Å². The van der Waals surface area contributed by atoms with Gasteiger partial charge in [0.15, 0.2) is 0 Å². The van der Waals surface area contributed by atoms with Crippen molar-refractivity contribution in [1.82, 2.24) is 9.55 Å². The second kappa shape index (κ2) is 10.2. The zero-order chi connectivity index (χ0) is 27.9. The maximum absolute atomic E-state index is 13.4. The Labute approximate surface area is 228 Å². The molecule has 0 radical (unpaired) electrons. The number of fused-ring (bicyclic) bond motifs is 2. The van der Waals surface area contributed by atoms with E-state index in [1.165, 1.54) is 36.0 Å². The lowest BCUT2D eigenvalue weighted by Crippen LogP contribution is -2.14. The van der Waals surface area contributed by atoms with Crippen molar-refractivity contribution < 1.29 is 26.3 Å². The Morgan fingerprint density at radius 2 is 1.59 bits per heavy atom. The molecule has 1 heterocycles. The first-order valence-corrected chi connectivity index (χ1v) is 12.8. The van der Waals surface area contributed by atoms with E-state index in [1.54, 1.807) is 41.0 Å². The molecule has 3 aromatic carbocycles. The van der Waals surface area contributed by atoms with Crippen LogP contribution in [-0.2, 0) is 12.4 Å². The number of hydrogen-bond donors (Lipinski definition) is 0. The third-order valence-corrected chi connectivity index (χ3v) is 7.28. The van der Waals surface area contributed by atoms with Crippen molar-refractivity contribution in [2.75, 3.05) is 6.54 Å². The lowest BCUT2D eigenvalue weighted by atomic mass is 10.1. The van der Waals surface area contributed by atoms with Gasteiger partial charge in [0, 0.05) is 22.0 Å². The molecular formula is C28H18ClF6N3S. The smallest absolute Gasteiger partial charge is 0.306 e. The number of hydrogen-bond acceptors (Lipinski definition) is 3. The van der Waals surface area contributed by atoms with Gasteiger partial charge in [-0.1, -0.05) is 35.5 Å². The van der Waals surface area contributed by atoms with Gasteiger partial charge in [-0.3, -0.25) is 4.99 Å². The van der Waals surface area contributed by atoms with Gasteiger partial charge in [0.25, 0.3) is 0 Å². The SMILES string of the molecule is CCN=c1cc2n(-c3ccc(C(F)(F)F)c(Cl)c3)c3ccccc3nc-2cc1Sc1ccc(C(F)(F)F)cc1. The Bertz CT molecular complexity index is 1710. The van der Waals surface area contributed by atoms with Crippen molar-refractivity contribution >= 4 is 34.4 Å². The van der Waals surface area contributed by atoms with E-state index in [1.807, 2.05) is 6.92 Å². The molecule has 0 aromatic heterocycles. The molecule has 0 atom stereocenters. The second-order valence-corrected chi connectivity index (χ2v) is 10.0. The van der Waals surface area contributed by atoms with Gasteiger partial charge >= 0.3 is 12.4 Å². The molecule has 0 bridgehead atoms. The van der Waals surface area contributed by atoms with E-state index >= 15 is 0 Å². The quantitative estimate of drug-likeness (QED) is 0.158. The monoisotopic (exact) mass is 577 g/mol. The molecule has 5 rings (SSSR count). The van der Waals surface area contributed by atoms with Gasteiger partial charge < -0.3 is 4.57 Å². The normalized spacial score (nSPS) is 13.0. The fourth-order valence-electron chi connectivity index (χ4n) is 4.19. The lowest BCUT2D eigenvalue weighted by molar-refractivity contribution is -0.138. The Hall–Kier alpha value is -3.50. The topological polar surface area (TPSA) is 30.2 Å². The number of aromatic nitrogens is 2. The maximum atomic E-state index is 13.4. The average molecular weight is 578 g/mol.